The maximum absolute atomic E-state index is 12.5. The van der Waals surface area contributed by atoms with Crippen molar-refractivity contribution in [2.75, 3.05) is 229 Å². The lowest BCUT2D eigenvalue weighted by Gasteiger charge is -2.35. The van der Waals surface area contributed by atoms with E-state index >= 15 is 0 Å². The molecule has 3 heterocycles. The van der Waals surface area contributed by atoms with Crippen molar-refractivity contribution in [3.8, 4) is 0 Å². The largest absolute Gasteiger partial charge is 0.478 e. The maximum Gasteiger partial charge on any atom is 0.338 e. The molecule has 9 aromatic rings. The number of anilines is 8. The number of ether oxygens (including phenoxy) is 5. The van der Waals surface area contributed by atoms with Crippen molar-refractivity contribution in [1.82, 2.24) is 21.3 Å². The average Bonchev–Trinajstić information content (AvgIpc) is 0.848. The molecular formula is C103H129BrN12O18. The van der Waals surface area contributed by atoms with Crippen LogP contribution in [-0.2, 0) is 23.7 Å². The van der Waals surface area contributed by atoms with Crippen LogP contribution in [0.15, 0.2) is 223 Å². The van der Waals surface area contributed by atoms with E-state index in [-0.39, 0.29) is 52.1 Å². The van der Waals surface area contributed by atoms with Crippen molar-refractivity contribution in [1.29, 1.82) is 0 Å². The Morgan fingerprint density at radius 1 is 0.216 bits per heavy atom. The number of halogens is 1. The van der Waals surface area contributed by atoms with Crippen molar-refractivity contribution in [2.24, 2.45) is 0 Å². The molecule has 134 heavy (non-hydrogen) atoms. The molecule has 0 bridgehead atoms. The van der Waals surface area contributed by atoms with Gasteiger partial charge in [0, 0.05) is 181 Å². The highest BCUT2D eigenvalue weighted by molar-refractivity contribution is 9.10. The predicted octanol–water partition coefficient (Wildman–Crippen LogP) is 14.9. The summed E-state index contributed by atoms with van der Waals surface area (Å²) in [6, 6.07) is 64.7. The number of hydrogen-bond donors (Lipinski definition) is 8. The zero-order valence-corrected chi connectivity index (χ0v) is 79.1. The molecule has 30 nitrogen and oxygen atoms in total. The van der Waals surface area contributed by atoms with Crippen molar-refractivity contribution >= 4 is 115 Å². The molecule has 0 radical (unpaired) electrons. The molecule has 0 atom stereocenters. The van der Waals surface area contributed by atoms with Gasteiger partial charge in [0.2, 0.25) is 0 Å². The molecule has 0 aromatic heterocycles. The van der Waals surface area contributed by atoms with Gasteiger partial charge in [-0.1, -0.05) is 15.9 Å². The van der Waals surface area contributed by atoms with Crippen LogP contribution < -0.4 is 60.5 Å². The van der Waals surface area contributed by atoms with Gasteiger partial charge in [-0.05, 0) is 318 Å². The minimum absolute atomic E-state index is 0.203. The predicted molar refractivity (Wildman–Crippen MR) is 530 cm³/mol. The zero-order valence-electron chi connectivity index (χ0n) is 77.5. The number of carbonyl (C=O) groups excluding carboxylic acids is 5. The number of esters is 5. The van der Waals surface area contributed by atoms with Crippen LogP contribution in [0.3, 0.4) is 0 Å². The zero-order chi connectivity index (χ0) is 95.8. The lowest BCUT2D eigenvalue weighted by Crippen LogP contribution is -2.41. The molecule has 0 unspecified atom stereocenters. The topological polar surface area (TPSA) is 355 Å². The summed E-state index contributed by atoms with van der Waals surface area (Å²) in [6.45, 7) is 30.3. The second kappa shape index (κ2) is 57.4. The van der Waals surface area contributed by atoms with Crippen LogP contribution in [-0.4, -0.2) is 264 Å². The molecule has 31 heteroatoms. The fourth-order valence-electron chi connectivity index (χ4n) is 15.4. The number of carboxylic acids is 4. The molecular weight excluding hydrogens is 1770 g/mol. The quantitative estimate of drug-likeness (QED) is 0.0231. The molecule has 0 aliphatic carbocycles. The number of benzene rings is 9. The molecule has 3 saturated heterocycles. The molecule has 8 N–H and O–H groups in total. The Kier molecular flexibility index (Phi) is 44.8. The Bertz CT molecular complexity index is 4490. The number of rotatable bonds is 22. The van der Waals surface area contributed by atoms with E-state index < -0.39 is 23.9 Å². The van der Waals surface area contributed by atoms with Gasteiger partial charge < -0.3 is 105 Å². The number of hydrogen-bond acceptors (Lipinski definition) is 26. The molecule has 716 valence electrons. The summed E-state index contributed by atoms with van der Waals surface area (Å²) >= 11 is 3.28. The first-order chi connectivity index (χ1) is 65.1. The van der Waals surface area contributed by atoms with Gasteiger partial charge >= 0.3 is 53.7 Å². The molecule has 3 fully saturated rings. The number of carbonyl (C=O) groups is 9. The Hall–Kier alpha value is -13.1. The number of aromatic carboxylic acids is 4. The van der Waals surface area contributed by atoms with E-state index in [1.54, 1.807) is 95.3 Å². The van der Waals surface area contributed by atoms with E-state index in [1.807, 2.05) is 158 Å². The molecule has 0 saturated carbocycles. The van der Waals surface area contributed by atoms with Crippen molar-refractivity contribution < 1.29 is 87.3 Å². The Labute approximate surface area is 794 Å². The van der Waals surface area contributed by atoms with Crippen LogP contribution in [0.4, 0.5) is 45.5 Å². The highest BCUT2D eigenvalue weighted by atomic mass is 79.9. The van der Waals surface area contributed by atoms with Crippen molar-refractivity contribution in [3.63, 3.8) is 0 Å². The van der Waals surface area contributed by atoms with Gasteiger partial charge in [-0.2, -0.15) is 0 Å². The third kappa shape index (κ3) is 34.8. The van der Waals surface area contributed by atoms with Gasteiger partial charge in [0.1, 0.15) is 0 Å². The normalized spacial score (nSPS) is 15.1. The molecule has 0 spiro atoms. The maximum atomic E-state index is 12.5. The minimum Gasteiger partial charge on any atom is -0.478 e. The van der Waals surface area contributed by atoms with Crippen LogP contribution in [0.5, 0.6) is 0 Å². The number of nitrogens with one attached hydrogen (secondary N) is 4. The SMILES string of the molecule is C1CNCCNCCCNCCNC1.CCOC(=O)c1ccc(Br)cc1.CCOC(=O)c1ccc(N2CCCN(c3ccc(C(=O)OCC)cc3)CCN(c3ccc(C(=O)OCC)cc3)CCCN(c3ccc(C(=O)OCC)cc3)CC2)cc1.O=C(O)c1ccc(N2CCCN(c3ccc(C(=O)O)cc3)CCN(c3ccc(C(=O)O)cc3)CCCN(c3ccc(C(=O)O)cc3)CC2)cc1. The van der Waals surface area contributed by atoms with E-state index in [0.717, 1.165) is 154 Å². The molecule has 12 rings (SSSR count). The second-order valence-electron chi connectivity index (χ2n) is 31.7. The Balaban J connectivity index is 0.000000238. The van der Waals surface area contributed by atoms with Crippen LogP contribution >= 0.6 is 15.9 Å². The van der Waals surface area contributed by atoms with E-state index in [1.165, 1.54) is 12.8 Å². The second-order valence-corrected chi connectivity index (χ2v) is 32.6. The van der Waals surface area contributed by atoms with Gasteiger partial charge in [-0.25, -0.2) is 43.2 Å². The Morgan fingerprint density at radius 2 is 0.358 bits per heavy atom. The minimum atomic E-state index is -0.995. The Morgan fingerprint density at radius 3 is 0.500 bits per heavy atom. The summed E-state index contributed by atoms with van der Waals surface area (Å²) in [5.74, 6) is -5.64. The highest BCUT2D eigenvalue weighted by Crippen LogP contribution is 2.28. The lowest BCUT2D eigenvalue weighted by atomic mass is 10.1. The first kappa shape index (κ1) is 105. The molecule has 0 amide bonds. The fraction of sp³-hybridized carbons (Fsp3) is 0.388. The summed E-state index contributed by atoms with van der Waals surface area (Å²) in [7, 11) is 0. The number of carboxylic acid groups (broad SMARTS) is 4. The summed E-state index contributed by atoms with van der Waals surface area (Å²) in [4.78, 5) is 125. The van der Waals surface area contributed by atoms with Gasteiger partial charge in [0.25, 0.3) is 0 Å². The van der Waals surface area contributed by atoms with E-state index in [0.29, 0.717) is 139 Å². The number of nitrogens with zero attached hydrogens (tertiary/aromatic N) is 8. The first-order valence-corrected chi connectivity index (χ1v) is 47.0. The van der Waals surface area contributed by atoms with Crippen LogP contribution in [0.2, 0.25) is 0 Å². The lowest BCUT2D eigenvalue weighted by molar-refractivity contribution is 0.0516. The van der Waals surface area contributed by atoms with Gasteiger partial charge in [-0.3, -0.25) is 0 Å². The van der Waals surface area contributed by atoms with Crippen LogP contribution in [0.1, 0.15) is 166 Å². The molecule has 3 aliphatic heterocycles. The van der Waals surface area contributed by atoms with E-state index in [9.17, 15) is 63.6 Å². The van der Waals surface area contributed by atoms with Crippen molar-refractivity contribution in [3.05, 3.63) is 273 Å². The highest BCUT2D eigenvalue weighted by Gasteiger charge is 2.24. The summed E-state index contributed by atoms with van der Waals surface area (Å²) in [5, 5.41) is 51.5. The van der Waals surface area contributed by atoms with E-state index in [2.05, 4.69) is 76.4 Å². The average molecular weight is 1900 g/mol. The standard InChI is InChI=1S/C46H56N4O8.C38H40N4O8.C10H24N4.C9H9BrO2/c1-5-55-43(51)35-11-19-39(20-12-35)47-27-9-28-49(41-23-15-37(16-24-41)45(53)57-7-3)33-34-50(42-25-17-38(18-26-42)46(54)58-8-4)30-10-29-48(32-31-47)40-21-13-36(14-22-40)44(52)56-6-2;43-35(44)27-3-11-31(12-4-27)39-19-1-20-40(32-13-5-28(6-14-32)36(45)46)24-26-42(34-17-9-30(10-18-34)38(49)50)22-2-21-41(25-23-39)33-15-7-29(8-16-33)37(47)48;1-3-11-7-9-13-5-2-6-14-10-8-12-4-1;1-2-12-9(11)7-3-5-8(10)6-4-7/h11-26H,5-10,27-34H2,1-4H3;3-18H,1-2,19-26H2,(H,43,44)(H,45,46)(H,47,48)(H,49,50);11-14H,1-10H2;3-6H,2H2,1H3. The summed E-state index contributed by atoms with van der Waals surface area (Å²) < 4.78 is 26.7. The summed E-state index contributed by atoms with van der Waals surface area (Å²) in [5.41, 5.74) is 11.0. The van der Waals surface area contributed by atoms with Gasteiger partial charge in [0.15, 0.2) is 0 Å². The first-order valence-electron chi connectivity index (χ1n) is 46.2. The third-order valence-corrected chi connectivity index (χ3v) is 23.1. The molecule has 9 aromatic carbocycles. The van der Waals surface area contributed by atoms with Gasteiger partial charge in [-0.15, -0.1) is 0 Å². The fourth-order valence-corrected chi connectivity index (χ4v) is 15.7. The summed E-state index contributed by atoms with van der Waals surface area (Å²) in [6.07, 6.45) is 5.56. The van der Waals surface area contributed by atoms with Crippen LogP contribution in [0, 0.1) is 0 Å². The van der Waals surface area contributed by atoms with Crippen LogP contribution in [0.25, 0.3) is 0 Å². The van der Waals surface area contributed by atoms with E-state index in [4.69, 9.17) is 23.7 Å². The third-order valence-electron chi connectivity index (χ3n) is 22.6. The van der Waals surface area contributed by atoms with Crippen molar-refractivity contribution in [2.45, 2.75) is 73.1 Å². The molecule has 3 aliphatic rings. The monoisotopic (exact) mass is 1900 g/mol. The smallest absolute Gasteiger partial charge is 0.338 e. The van der Waals surface area contributed by atoms with Gasteiger partial charge in [0.05, 0.1) is 83.1 Å².